The molecule has 6 heteroatoms. The Morgan fingerprint density at radius 3 is 2.32 bits per heavy atom. The Bertz CT molecular complexity index is 875. The molecule has 0 N–H and O–H groups in total. The van der Waals surface area contributed by atoms with Crippen LogP contribution in [0.1, 0.15) is 35.2 Å². The van der Waals surface area contributed by atoms with Gasteiger partial charge in [0, 0.05) is 25.8 Å². The second-order valence-corrected chi connectivity index (χ2v) is 9.41. The number of methoxy groups -OCH3 is 1. The molecule has 1 fully saturated rings. The summed E-state index contributed by atoms with van der Waals surface area (Å²) < 4.78 is 29.4. The first-order chi connectivity index (χ1) is 13.5. The Kier molecular flexibility index (Phi) is 6.86. The summed E-state index contributed by atoms with van der Waals surface area (Å²) in [4.78, 5) is 15.2. The highest BCUT2D eigenvalue weighted by atomic mass is 32.2. The highest BCUT2D eigenvalue weighted by Crippen LogP contribution is 2.28. The lowest BCUT2D eigenvalue weighted by atomic mass is 9.85. The van der Waals surface area contributed by atoms with Crippen LogP contribution in [0.3, 0.4) is 0 Å². The minimum Gasteiger partial charge on any atom is -0.384 e. The van der Waals surface area contributed by atoms with Crippen molar-refractivity contribution in [1.29, 1.82) is 0 Å². The number of amides is 1. The average molecular weight is 402 g/mol. The molecule has 0 bridgehead atoms. The zero-order chi connectivity index (χ0) is 20.0. The van der Waals surface area contributed by atoms with E-state index in [1.807, 2.05) is 35.2 Å². The van der Waals surface area contributed by atoms with Crippen LogP contribution in [0.5, 0.6) is 0 Å². The molecule has 2 aromatic carbocycles. The van der Waals surface area contributed by atoms with Gasteiger partial charge in [0.2, 0.25) is 0 Å². The quantitative estimate of drug-likeness (QED) is 0.645. The van der Waals surface area contributed by atoms with Gasteiger partial charge < -0.3 is 9.64 Å². The van der Waals surface area contributed by atoms with Gasteiger partial charge in [0.1, 0.15) is 0 Å². The summed E-state index contributed by atoms with van der Waals surface area (Å²) in [5, 5.41) is 0. The van der Waals surface area contributed by atoms with E-state index in [1.54, 1.807) is 12.1 Å². The summed E-state index contributed by atoms with van der Waals surface area (Å²) in [6, 6.07) is 16.2. The van der Waals surface area contributed by atoms with Crippen molar-refractivity contribution in [2.24, 2.45) is 5.92 Å². The molecule has 0 saturated heterocycles. The molecule has 0 aromatic heterocycles. The first kappa shape index (κ1) is 20.6. The number of carbonyl (C=O) groups excluding carboxylic acids is 1. The number of hydrogen-bond acceptors (Lipinski definition) is 4. The Morgan fingerprint density at radius 1 is 1.07 bits per heavy atom. The van der Waals surface area contributed by atoms with E-state index in [-0.39, 0.29) is 23.2 Å². The van der Waals surface area contributed by atoms with Crippen molar-refractivity contribution in [3.63, 3.8) is 0 Å². The fourth-order valence-corrected chi connectivity index (χ4v) is 4.48. The highest BCUT2D eigenvalue weighted by molar-refractivity contribution is 7.91. The fraction of sp³-hybridized carbons (Fsp3) is 0.409. The number of ether oxygens (including phenoxy) is 1. The molecule has 0 aliphatic heterocycles. The normalized spacial score (nSPS) is 14.5. The summed E-state index contributed by atoms with van der Waals surface area (Å²) in [7, 11) is -1.92. The van der Waals surface area contributed by atoms with E-state index < -0.39 is 9.84 Å². The Labute approximate surface area is 167 Å². The Balaban J connectivity index is 1.75. The molecular weight excluding hydrogens is 374 g/mol. The van der Waals surface area contributed by atoms with Gasteiger partial charge in [-0.05, 0) is 48.6 Å². The molecular formula is C22H27NO4S. The second-order valence-electron chi connectivity index (χ2n) is 7.30. The standard InChI is InChI=1S/C22H27NO4S/c1-27-14-15-28(25,26)21-12-10-20(11-13-21)22(24)23(17-19-8-5-9-19)16-18-6-3-2-4-7-18/h2-4,6-7,10-13,19H,5,8-9,14-17H2,1H3. The molecule has 0 radical (unpaired) electrons. The maximum atomic E-state index is 13.1. The van der Waals surface area contributed by atoms with Crippen LogP contribution < -0.4 is 0 Å². The van der Waals surface area contributed by atoms with Gasteiger partial charge >= 0.3 is 0 Å². The maximum Gasteiger partial charge on any atom is 0.254 e. The van der Waals surface area contributed by atoms with Crippen LogP contribution in [-0.2, 0) is 21.1 Å². The largest absolute Gasteiger partial charge is 0.384 e. The van der Waals surface area contributed by atoms with Crippen molar-refractivity contribution in [3.8, 4) is 0 Å². The van der Waals surface area contributed by atoms with Gasteiger partial charge in [-0.1, -0.05) is 36.8 Å². The van der Waals surface area contributed by atoms with Gasteiger partial charge in [0.15, 0.2) is 9.84 Å². The first-order valence-electron chi connectivity index (χ1n) is 9.64. The number of carbonyl (C=O) groups is 1. The zero-order valence-electron chi connectivity index (χ0n) is 16.2. The van der Waals surface area contributed by atoms with Crippen molar-refractivity contribution in [1.82, 2.24) is 4.90 Å². The molecule has 1 saturated carbocycles. The van der Waals surface area contributed by atoms with Crippen LogP contribution in [0.4, 0.5) is 0 Å². The first-order valence-corrected chi connectivity index (χ1v) is 11.3. The van der Waals surface area contributed by atoms with E-state index in [0.29, 0.717) is 18.0 Å². The summed E-state index contributed by atoms with van der Waals surface area (Å²) in [6.45, 7) is 1.45. The van der Waals surface area contributed by atoms with E-state index in [4.69, 9.17) is 4.74 Å². The number of benzene rings is 2. The van der Waals surface area contributed by atoms with Crippen LogP contribution in [0.2, 0.25) is 0 Å². The third-order valence-corrected chi connectivity index (χ3v) is 6.92. The molecule has 1 aliphatic carbocycles. The Morgan fingerprint density at radius 2 is 1.75 bits per heavy atom. The monoisotopic (exact) mass is 401 g/mol. The van der Waals surface area contributed by atoms with Gasteiger partial charge in [-0.3, -0.25) is 4.79 Å². The molecule has 28 heavy (non-hydrogen) atoms. The number of sulfone groups is 1. The van der Waals surface area contributed by atoms with E-state index in [9.17, 15) is 13.2 Å². The van der Waals surface area contributed by atoms with Gasteiger partial charge in [0.25, 0.3) is 5.91 Å². The van der Waals surface area contributed by atoms with Crippen LogP contribution >= 0.6 is 0 Å². The topological polar surface area (TPSA) is 63.7 Å². The lowest BCUT2D eigenvalue weighted by molar-refractivity contribution is 0.0679. The summed E-state index contributed by atoms with van der Waals surface area (Å²) in [6.07, 6.45) is 3.55. The zero-order valence-corrected chi connectivity index (χ0v) is 17.0. The van der Waals surface area contributed by atoms with Crippen LogP contribution in [-0.4, -0.2) is 45.2 Å². The van der Waals surface area contributed by atoms with E-state index in [0.717, 1.165) is 24.9 Å². The number of hydrogen-bond donors (Lipinski definition) is 0. The molecule has 3 rings (SSSR count). The average Bonchev–Trinajstić information content (AvgIpc) is 2.68. The predicted octanol–water partition coefficient (Wildman–Crippen LogP) is 3.55. The highest BCUT2D eigenvalue weighted by Gasteiger charge is 2.25. The van der Waals surface area contributed by atoms with Crippen molar-refractivity contribution in [3.05, 3.63) is 65.7 Å². The van der Waals surface area contributed by atoms with Gasteiger partial charge in [0.05, 0.1) is 17.3 Å². The molecule has 1 aliphatic rings. The van der Waals surface area contributed by atoms with E-state index >= 15 is 0 Å². The van der Waals surface area contributed by atoms with Crippen molar-refractivity contribution >= 4 is 15.7 Å². The summed E-state index contributed by atoms with van der Waals surface area (Å²) in [5.74, 6) is 0.427. The summed E-state index contributed by atoms with van der Waals surface area (Å²) in [5.41, 5.74) is 1.61. The second kappa shape index (κ2) is 9.34. The van der Waals surface area contributed by atoms with Gasteiger partial charge in [-0.15, -0.1) is 0 Å². The molecule has 2 aromatic rings. The summed E-state index contributed by atoms with van der Waals surface area (Å²) >= 11 is 0. The molecule has 0 spiro atoms. The fourth-order valence-electron chi connectivity index (χ4n) is 3.31. The Hall–Kier alpha value is -2.18. The number of rotatable bonds is 9. The lowest BCUT2D eigenvalue weighted by Gasteiger charge is -2.32. The molecule has 1 amide bonds. The molecule has 5 nitrogen and oxygen atoms in total. The smallest absolute Gasteiger partial charge is 0.254 e. The van der Waals surface area contributed by atoms with E-state index in [1.165, 1.54) is 25.7 Å². The van der Waals surface area contributed by atoms with Crippen molar-refractivity contribution in [2.75, 3.05) is 26.0 Å². The van der Waals surface area contributed by atoms with Crippen LogP contribution in [0, 0.1) is 5.92 Å². The minimum absolute atomic E-state index is 0.0587. The third kappa shape index (κ3) is 5.20. The van der Waals surface area contributed by atoms with Gasteiger partial charge in [-0.25, -0.2) is 8.42 Å². The number of nitrogens with zero attached hydrogens (tertiary/aromatic N) is 1. The maximum absolute atomic E-state index is 13.1. The van der Waals surface area contributed by atoms with Crippen LogP contribution in [0.15, 0.2) is 59.5 Å². The molecule has 0 heterocycles. The van der Waals surface area contributed by atoms with Gasteiger partial charge in [-0.2, -0.15) is 0 Å². The minimum atomic E-state index is -3.40. The SMILES string of the molecule is COCCS(=O)(=O)c1ccc(C(=O)N(Cc2ccccc2)CC2CCC2)cc1. The molecule has 0 unspecified atom stereocenters. The molecule has 0 atom stereocenters. The van der Waals surface area contributed by atoms with Crippen molar-refractivity contribution in [2.45, 2.75) is 30.7 Å². The predicted molar refractivity (Wildman–Crippen MR) is 109 cm³/mol. The molecule has 150 valence electrons. The lowest BCUT2D eigenvalue weighted by Crippen LogP contribution is -2.37. The van der Waals surface area contributed by atoms with Crippen molar-refractivity contribution < 1.29 is 17.9 Å². The third-order valence-electron chi connectivity index (χ3n) is 5.22. The van der Waals surface area contributed by atoms with E-state index in [2.05, 4.69) is 0 Å². The van der Waals surface area contributed by atoms with Crippen LogP contribution in [0.25, 0.3) is 0 Å².